The van der Waals surface area contributed by atoms with Crippen LogP contribution in [-0.4, -0.2) is 131 Å². The van der Waals surface area contributed by atoms with E-state index in [1.807, 2.05) is 37.3 Å². The van der Waals surface area contributed by atoms with Crippen LogP contribution < -0.4 is 5.32 Å². The fourth-order valence-electron chi connectivity index (χ4n) is 3.13. The van der Waals surface area contributed by atoms with Crippen LogP contribution in [0, 0.1) is 0 Å². The molecule has 13 heteroatoms. The molecule has 1 N–H and O–H groups in total. The van der Waals surface area contributed by atoms with Crippen molar-refractivity contribution in [3.8, 4) is 0 Å². The van der Waals surface area contributed by atoms with Crippen LogP contribution in [0.15, 0.2) is 30.3 Å². The highest BCUT2D eigenvalue weighted by Crippen LogP contribution is 2.00. The maximum Gasteiger partial charge on any atom is 0.407 e. The van der Waals surface area contributed by atoms with Gasteiger partial charge in [0, 0.05) is 13.0 Å². The van der Waals surface area contributed by atoms with E-state index in [2.05, 4.69) is 5.32 Å². The number of benzene rings is 1. The van der Waals surface area contributed by atoms with Crippen LogP contribution in [0.1, 0.15) is 25.3 Å². The Morgan fingerprint density at radius 1 is 0.535 bits per heavy atom. The summed E-state index contributed by atoms with van der Waals surface area (Å²) < 4.78 is 53.5. The van der Waals surface area contributed by atoms with Crippen LogP contribution in [0.25, 0.3) is 0 Å². The first kappa shape index (κ1) is 38.7. The van der Waals surface area contributed by atoms with Gasteiger partial charge in [0.25, 0.3) is 0 Å². The van der Waals surface area contributed by atoms with Gasteiger partial charge in [-0.2, -0.15) is 0 Å². The zero-order valence-electron chi connectivity index (χ0n) is 25.6. The van der Waals surface area contributed by atoms with Crippen molar-refractivity contribution in [2.75, 3.05) is 119 Å². The summed E-state index contributed by atoms with van der Waals surface area (Å²) in [6, 6.07) is 9.49. The minimum Gasteiger partial charge on any atom is -0.463 e. The Kier molecular flexibility index (Phi) is 27.9. The smallest absolute Gasteiger partial charge is 0.407 e. The number of hydrogen-bond acceptors (Lipinski definition) is 12. The van der Waals surface area contributed by atoms with Gasteiger partial charge in [-0.1, -0.05) is 37.3 Å². The van der Waals surface area contributed by atoms with Crippen LogP contribution in [0.2, 0.25) is 0 Å². The van der Waals surface area contributed by atoms with E-state index in [0.29, 0.717) is 119 Å². The monoisotopic (exact) mass is 617 g/mol. The van der Waals surface area contributed by atoms with Crippen molar-refractivity contribution in [2.45, 2.75) is 26.4 Å². The highest BCUT2D eigenvalue weighted by atomic mass is 16.6. The van der Waals surface area contributed by atoms with E-state index < -0.39 is 6.09 Å². The van der Waals surface area contributed by atoms with Gasteiger partial charge < -0.3 is 52.7 Å². The number of esters is 1. The molecule has 0 radical (unpaired) electrons. The molecule has 0 bridgehead atoms. The number of carbonyl (C=O) groups is 2. The van der Waals surface area contributed by atoms with Gasteiger partial charge in [0.15, 0.2) is 0 Å². The van der Waals surface area contributed by atoms with Crippen LogP contribution >= 0.6 is 0 Å². The maximum atomic E-state index is 11.6. The summed E-state index contributed by atoms with van der Waals surface area (Å²) in [7, 11) is 0. The lowest BCUT2D eigenvalue weighted by Crippen LogP contribution is -2.28. The first-order valence-corrected chi connectivity index (χ1v) is 14.9. The fourth-order valence-corrected chi connectivity index (χ4v) is 3.13. The second kappa shape index (κ2) is 31.1. The molecule has 0 aliphatic rings. The van der Waals surface area contributed by atoms with Gasteiger partial charge >= 0.3 is 12.1 Å². The first-order chi connectivity index (χ1) is 21.2. The minimum absolute atomic E-state index is 0.192. The molecule has 0 atom stereocenters. The van der Waals surface area contributed by atoms with Crippen LogP contribution in [-0.2, 0) is 58.8 Å². The van der Waals surface area contributed by atoms with Crippen molar-refractivity contribution in [1.29, 1.82) is 0 Å². The van der Waals surface area contributed by atoms with Gasteiger partial charge in [-0.05, 0) is 12.0 Å². The molecule has 13 nitrogen and oxygen atoms in total. The molecule has 1 aromatic carbocycles. The zero-order chi connectivity index (χ0) is 30.9. The normalized spacial score (nSPS) is 11.0. The lowest BCUT2D eigenvalue weighted by atomic mass is 10.2. The highest BCUT2D eigenvalue weighted by molar-refractivity contribution is 5.69. The van der Waals surface area contributed by atoms with Crippen molar-refractivity contribution in [3.63, 3.8) is 0 Å². The SMILES string of the molecule is CCCC(=O)OCCOCCOCCOCCOCCOCCOCCOCCOCCNC(=O)OCc1ccccc1. The van der Waals surface area contributed by atoms with Crippen molar-refractivity contribution < 1.29 is 57.0 Å². The van der Waals surface area contributed by atoms with Crippen molar-refractivity contribution >= 4 is 12.1 Å². The Morgan fingerprint density at radius 2 is 0.930 bits per heavy atom. The van der Waals surface area contributed by atoms with Crippen molar-refractivity contribution in [1.82, 2.24) is 5.32 Å². The molecule has 0 fully saturated rings. The van der Waals surface area contributed by atoms with E-state index in [0.717, 1.165) is 12.0 Å². The van der Waals surface area contributed by atoms with E-state index >= 15 is 0 Å². The number of nitrogens with one attached hydrogen (secondary N) is 1. The molecule has 0 heterocycles. The van der Waals surface area contributed by atoms with Gasteiger partial charge in [-0.15, -0.1) is 0 Å². The molecule has 1 aromatic rings. The summed E-state index contributed by atoms with van der Waals surface area (Å²) in [6.07, 6.45) is 0.749. The predicted octanol–water partition coefficient (Wildman–Crippen LogP) is 2.39. The molecule has 0 unspecified atom stereocenters. The number of carbonyl (C=O) groups excluding carboxylic acids is 2. The Bertz CT molecular complexity index is 756. The lowest BCUT2D eigenvalue weighted by Gasteiger charge is -2.09. The Hall–Kier alpha value is -2.36. The average molecular weight is 618 g/mol. The Balaban J connectivity index is 1.66. The van der Waals surface area contributed by atoms with Crippen molar-refractivity contribution in [3.05, 3.63) is 35.9 Å². The molecule has 1 rings (SSSR count). The molecular formula is C30H51NO12. The van der Waals surface area contributed by atoms with E-state index in [1.54, 1.807) is 0 Å². The van der Waals surface area contributed by atoms with Crippen LogP contribution in [0.4, 0.5) is 4.79 Å². The molecule has 248 valence electrons. The number of ether oxygens (including phenoxy) is 10. The number of rotatable bonds is 31. The molecule has 0 aliphatic carbocycles. The third kappa shape index (κ3) is 28.2. The van der Waals surface area contributed by atoms with Gasteiger partial charge in [0.05, 0.1) is 106 Å². The van der Waals surface area contributed by atoms with E-state index in [1.165, 1.54) is 0 Å². The predicted molar refractivity (Wildman–Crippen MR) is 157 cm³/mol. The molecule has 0 aromatic heterocycles. The quantitative estimate of drug-likeness (QED) is 0.0967. The second-order valence-corrected chi connectivity index (χ2v) is 8.86. The topological polar surface area (TPSA) is 138 Å². The summed E-state index contributed by atoms with van der Waals surface area (Å²) in [5.41, 5.74) is 0.936. The first-order valence-electron chi connectivity index (χ1n) is 14.9. The third-order valence-electron chi connectivity index (χ3n) is 5.28. The van der Waals surface area contributed by atoms with E-state index in [9.17, 15) is 9.59 Å². The second-order valence-electron chi connectivity index (χ2n) is 8.86. The molecule has 43 heavy (non-hydrogen) atoms. The maximum absolute atomic E-state index is 11.6. The van der Waals surface area contributed by atoms with E-state index in [-0.39, 0.29) is 19.2 Å². The van der Waals surface area contributed by atoms with Crippen LogP contribution in [0.3, 0.4) is 0 Å². The molecule has 1 amide bonds. The lowest BCUT2D eigenvalue weighted by molar-refractivity contribution is -0.145. The number of hydrogen-bond donors (Lipinski definition) is 1. The van der Waals surface area contributed by atoms with Gasteiger partial charge in [-0.3, -0.25) is 4.79 Å². The third-order valence-corrected chi connectivity index (χ3v) is 5.28. The molecule has 0 saturated carbocycles. The summed E-state index contributed by atoms with van der Waals surface area (Å²) in [5.74, 6) is -0.192. The zero-order valence-corrected chi connectivity index (χ0v) is 25.6. The largest absolute Gasteiger partial charge is 0.463 e. The molecule has 0 spiro atoms. The van der Waals surface area contributed by atoms with Crippen LogP contribution in [0.5, 0.6) is 0 Å². The fraction of sp³-hybridized carbons (Fsp3) is 0.733. The van der Waals surface area contributed by atoms with Crippen molar-refractivity contribution in [2.24, 2.45) is 0 Å². The minimum atomic E-state index is -0.471. The highest BCUT2D eigenvalue weighted by Gasteiger charge is 2.02. The van der Waals surface area contributed by atoms with E-state index in [4.69, 9.17) is 47.4 Å². The Labute approximate surface area is 255 Å². The Morgan fingerprint density at radius 3 is 1.35 bits per heavy atom. The summed E-state index contributed by atoms with van der Waals surface area (Å²) >= 11 is 0. The number of amides is 1. The summed E-state index contributed by atoms with van der Waals surface area (Å²) in [4.78, 5) is 22.8. The van der Waals surface area contributed by atoms with Gasteiger partial charge in [0.2, 0.25) is 0 Å². The molecular weight excluding hydrogens is 566 g/mol. The van der Waals surface area contributed by atoms with Gasteiger partial charge in [-0.25, -0.2) is 4.79 Å². The number of alkyl carbamates (subject to hydrolysis) is 1. The standard InChI is InChI=1S/C30H51NO12/c1-2-6-29(32)42-26-25-41-24-23-40-22-21-39-20-19-38-18-17-37-16-15-36-14-13-35-12-11-34-10-9-31-30(33)43-27-28-7-4-3-5-8-28/h3-5,7-8H,2,6,9-27H2,1H3,(H,31,33). The summed E-state index contributed by atoms with van der Waals surface area (Å²) in [5, 5.41) is 2.64. The molecule has 0 aliphatic heterocycles. The summed E-state index contributed by atoms with van der Waals surface area (Å²) in [6.45, 7) is 10.1. The average Bonchev–Trinajstić information content (AvgIpc) is 3.02. The molecule has 0 saturated heterocycles. The van der Waals surface area contributed by atoms with Gasteiger partial charge in [0.1, 0.15) is 13.2 Å².